The molecule has 1 heterocycles. The zero-order chi connectivity index (χ0) is 22.6. The molecule has 10 heteroatoms. The van der Waals surface area contributed by atoms with E-state index in [1.807, 2.05) is 13.8 Å². The third-order valence-corrected chi connectivity index (χ3v) is 5.48. The SMILES string of the molecule is CC(C)CNC(=O)CSc1nnc(-c2ccccc2Cl)n1-c1cccc(C(F)(F)F)c1. The number of hydrogen-bond donors (Lipinski definition) is 1. The Kier molecular flexibility index (Phi) is 7.27. The van der Waals surface area contributed by atoms with Gasteiger partial charge >= 0.3 is 6.18 Å². The minimum absolute atomic E-state index is 0.0480. The fourth-order valence-corrected chi connectivity index (χ4v) is 3.74. The van der Waals surface area contributed by atoms with Gasteiger partial charge in [0.1, 0.15) is 0 Å². The highest BCUT2D eigenvalue weighted by Crippen LogP contribution is 2.34. The molecule has 3 aromatic rings. The summed E-state index contributed by atoms with van der Waals surface area (Å²) in [6.45, 7) is 4.49. The molecule has 164 valence electrons. The summed E-state index contributed by atoms with van der Waals surface area (Å²) in [5.41, 5.74) is -0.0561. The molecule has 0 spiro atoms. The number of nitrogens with one attached hydrogen (secondary N) is 1. The zero-order valence-electron chi connectivity index (χ0n) is 16.8. The first-order valence-electron chi connectivity index (χ1n) is 9.44. The van der Waals surface area contributed by atoms with E-state index in [-0.39, 0.29) is 28.3 Å². The second-order valence-corrected chi connectivity index (χ2v) is 8.51. The molecule has 0 saturated heterocycles. The van der Waals surface area contributed by atoms with Crippen molar-refractivity contribution in [2.75, 3.05) is 12.3 Å². The third-order valence-electron chi connectivity index (χ3n) is 4.22. The summed E-state index contributed by atoms with van der Waals surface area (Å²) >= 11 is 7.39. The average molecular weight is 469 g/mol. The highest BCUT2D eigenvalue weighted by Gasteiger charge is 2.31. The number of nitrogens with zero attached hydrogens (tertiary/aromatic N) is 3. The fraction of sp³-hybridized carbons (Fsp3) is 0.286. The normalized spacial score (nSPS) is 11.7. The van der Waals surface area contributed by atoms with Gasteiger partial charge < -0.3 is 5.32 Å². The van der Waals surface area contributed by atoms with Gasteiger partial charge in [0, 0.05) is 12.1 Å². The first kappa shape index (κ1) is 23.1. The van der Waals surface area contributed by atoms with Gasteiger partial charge in [0.15, 0.2) is 11.0 Å². The molecule has 2 aromatic carbocycles. The van der Waals surface area contributed by atoms with Gasteiger partial charge in [0.05, 0.1) is 22.0 Å². The summed E-state index contributed by atoms with van der Waals surface area (Å²) < 4.78 is 41.3. The average Bonchev–Trinajstić information content (AvgIpc) is 3.14. The van der Waals surface area contributed by atoms with Crippen molar-refractivity contribution in [3.05, 3.63) is 59.1 Å². The van der Waals surface area contributed by atoms with Gasteiger partial charge in [-0.05, 0) is 36.2 Å². The Hall–Kier alpha value is -2.52. The Morgan fingerprint density at radius 1 is 1.16 bits per heavy atom. The molecule has 0 radical (unpaired) electrons. The maximum Gasteiger partial charge on any atom is 0.416 e. The van der Waals surface area contributed by atoms with Crippen molar-refractivity contribution in [1.82, 2.24) is 20.1 Å². The van der Waals surface area contributed by atoms with E-state index in [0.29, 0.717) is 23.0 Å². The predicted octanol–water partition coefficient (Wildman–Crippen LogP) is 5.47. The van der Waals surface area contributed by atoms with Crippen molar-refractivity contribution in [2.45, 2.75) is 25.2 Å². The summed E-state index contributed by atoms with van der Waals surface area (Å²) in [7, 11) is 0. The molecule has 31 heavy (non-hydrogen) atoms. The Morgan fingerprint density at radius 3 is 2.58 bits per heavy atom. The molecule has 3 rings (SSSR count). The maximum absolute atomic E-state index is 13.3. The Bertz CT molecular complexity index is 1070. The molecule has 1 N–H and O–H groups in total. The summed E-state index contributed by atoms with van der Waals surface area (Å²) in [6.07, 6.45) is -4.50. The van der Waals surface area contributed by atoms with Gasteiger partial charge in [0.25, 0.3) is 0 Å². The van der Waals surface area contributed by atoms with E-state index in [1.54, 1.807) is 24.3 Å². The van der Waals surface area contributed by atoms with Crippen LogP contribution in [0.3, 0.4) is 0 Å². The van der Waals surface area contributed by atoms with Gasteiger partial charge in [-0.15, -0.1) is 10.2 Å². The van der Waals surface area contributed by atoms with E-state index in [9.17, 15) is 18.0 Å². The predicted molar refractivity (Wildman–Crippen MR) is 115 cm³/mol. The summed E-state index contributed by atoms with van der Waals surface area (Å²) in [5, 5.41) is 11.8. The van der Waals surface area contributed by atoms with Gasteiger partial charge in [-0.1, -0.05) is 55.4 Å². The number of thioether (sulfide) groups is 1. The van der Waals surface area contributed by atoms with Crippen LogP contribution in [0.15, 0.2) is 53.7 Å². The minimum Gasteiger partial charge on any atom is -0.355 e. The standard InChI is InChI=1S/C21H20ClF3N4OS/c1-13(2)11-26-18(30)12-31-20-28-27-19(16-8-3-4-9-17(16)22)29(20)15-7-5-6-14(10-15)21(23,24)25/h3-10,13H,11-12H2,1-2H3,(H,26,30). The Balaban J connectivity index is 2.01. The number of rotatable bonds is 7. The van der Waals surface area contributed by atoms with Crippen LogP contribution in [0.25, 0.3) is 17.1 Å². The second kappa shape index (κ2) is 9.74. The first-order valence-corrected chi connectivity index (χ1v) is 10.8. The van der Waals surface area contributed by atoms with Crippen LogP contribution in [-0.4, -0.2) is 33.0 Å². The van der Waals surface area contributed by atoms with E-state index in [0.717, 1.165) is 23.9 Å². The van der Waals surface area contributed by atoms with Gasteiger partial charge in [-0.2, -0.15) is 13.2 Å². The van der Waals surface area contributed by atoms with Crippen molar-refractivity contribution in [1.29, 1.82) is 0 Å². The van der Waals surface area contributed by atoms with Crippen LogP contribution in [0.5, 0.6) is 0 Å². The van der Waals surface area contributed by atoms with E-state index >= 15 is 0 Å². The first-order chi connectivity index (χ1) is 14.7. The summed E-state index contributed by atoms with van der Waals surface area (Å²) in [4.78, 5) is 12.1. The lowest BCUT2D eigenvalue weighted by atomic mass is 10.1. The Morgan fingerprint density at radius 2 is 1.90 bits per heavy atom. The number of carbonyl (C=O) groups excluding carboxylic acids is 1. The van der Waals surface area contributed by atoms with Crippen LogP contribution < -0.4 is 5.32 Å². The smallest absolute Gasteiger partial charge is 0.355 e. The lowest BCUT2D eigenvalue weighted by Gasteiger charge is -2.14. The summed E-state index contributed by atoms with van der Waals surface area (Å²) in [5.74, 6) is 0.438. The Labute approximate surface area is 187 Å². The van der Waals surface area contributed by atoms with E-state index in [1.165, 1.54) is 16.7 Å². The van der Waals surface area contributed by atoms with Crippen molar-refractivity contribution in [3.8, 4) is 17.1 Å². The van der Waals surface area contributed by atoms with E-state index in [4.69, 9.17) is 11.6 Å². The highest BCUT2D eigenvalue weighted by molar-refractivity contribution is 7.99. The largest absolute Gasteiger partial charge is 0.416 e. The van der Waals surface area contributed by atoms with Crippen LogP contribution in [0.4, 0.5) is 13.2 Å². The molecule has 0 fully saturated rings. The van der Waals surface area contributed by atoms with Crippen molar-refractivity contribution >= 4 is 29.3 Å². The molecule has 0 aliphatic heterocycles. The molecule has 5 nitrogen and oxygen atoms in total. The fourth-order valence-electron chi connectivity index (χ4n) is 2.73. The topological polar surface area (TPSA) is 59.8 Å². The third kappa shape index (κ3) is 5.80. The van der Waals surface area contributed by atoms with E-state index in [2.05, 4.69) is 15.5 Å². The molecule has 0 bridgehead atoms. The molecule has 1 aromatic heterocycles. The second-order valence-electron chi connectivity index (χ2n) is 7.16. The van der Waals surface area contributed by atoms with Crippen molar-refractivity contribution < 1.29 is 18.0 Å². The van der Waals surface area contributed by atoms with Crippen LogP contribution in [0.1, 0.15) is 19.4 Å². The monoisotopic (exact) mass is 468 g/mol. The molecule has 1 amide bonds. The molecular weight excluding hydrogens is 449 g/mol. The van der Waals surface area contributed by atoms with Gasteiger partial charge in [-0.3, -0.25) is 9.36 Å². The molecule has 0 unspecified atom stereocenters. The number of hydrogen-bond acceptors (Lipinski definition) is 4. The molecule has 0 saturated carbocycles. The van der Waals surface area contributed by atoms with E-state index < -0.39 is 11.7 Å². The van der Waals surface area contributed by atoms with Crippen LogP contribution >= 0.6 is 23.4 Å². The maximum atomic E-state index is 13.3. The molecular formula is C21H20ClF3N4OS. The number of alkyl halides is 3. The van der Waals surface area contributed by atoms with Crippen LogP contribution in [0, 0.1) is 5.92 Å². The minimum atomic E-state index is -4.50. The van der Waals surface area contributed by atoms with Crippen LogP contribution in [-0.2, 0) is 11.0 Å². The lowest BCUT2D eigenvalue weighted by Crippen LogP contribution is -2.28. The molecule has 0 aliphatic carbocycles. The van der Waals surface area contributed by atoms with Crippen LogP contribution in [0.2, 0.25) is 5.02 Å². The number of aromatic nitrogens is 3. The molecule has 0 aliphatic rings. The number of carbonyl (C=O) groups is 1. The molecule has 0 atom stereocenters. The number of halogens is 4. The van der Waals surface area contributed by atoms with Crippen molar-refractivity contribution in [3.63, 3.8) is 0 Å². The number of benzene rings is 2. The lowest BCUT2D eigenvalue weighted by molar-refractivity contribution is -0.137. The van der Waals surface area contributed by atoms with Gasteiger partial charge in [-0.25, -0.2) is 0 Å². The quantitative estimate of drug-likeness (QED) is 0.467. The summed E-state index contributed by atoms with van der Waals surface area (Å²) in [6, 6.07) is 11.7. The number of amides is 1. The van der Waals surface area contributed by atoms with Crippen molar-refractivity contribution in [2.24, 2.45) is 5.92 Å². The van der Waals surface area contributed by atoms with Gasteiger partial charge in [0.2, 0.25) is 5.91 Å². The highest BCUT2D eigenvalue weighted by atomic mass is 35.5. The zero-order valence-corrected chi connectivity index (χ0v) is 18.4.